The summed E-state index contributed by atoms with van der Waals surface area (Å²) in [7, 11) is 0. The quantitative estimate of drug-likeness (QED) is 0.849. The Morgan fingerprint density at radius 1 is 1.22 bits per heavy atom. The summed E-state index contributed by atoms with van der Waals surface area (Å²) < 4.78 is 0.829. The minimum Gasteiger partial charge on any atom is -0.334 e. The van der Waals surface area contributed by atoms with Crippen molar-refractivity contribution in [3.05, 3.63) is 46.7 Å². The molecule has 2 aromatic rings. The van der Waals surface area contributed by atoms with Gasteiger partial charge in [0.15, 0.2) is 0 Å². The van der Waals surface area contributed by atoms with Gasteiger partial charge in [0.1, 0.15) is 6.04 Å². The van der Waals surface area contributed by atoms with Gasteiger partial charge in [-0.2, -0.15) is 15.0 Å². The Labute approximate surface area is 113 Å². The molecular formula is C12H11BrN4O. The van der Waals surface area contributed by atoms with Crippen molar-refractivity contribution in [2.24, 2.45) is 0 Å². The van der Waals surface area contributed by atoms with Crippen molar-refractivity contribution >= 4 is 21.8 Å². The topological polar surface area (TPSA) is 51.0 Å². The molecule has 0 bridgehead atoms. The molecule has 1 aliphatic rings. The highest BCUT2D eigenvalue weighted by atomic mass is 79.9. The highest BCUT2D eigenvalue weighted by molar-refractivity contribution is 9.10. The molecule has 1 fully saturated rings. The van der Waals surface area contributed by atoms with Crippen LogP contribution in [-0.2, 0) is 0 Å². The van der Waals surface area contributed by atoms with Crippen LogP contribution in [-0.4, -0.2) is 38.9 Å². The Kier molecular flexibility index (Phi) is 2.87. The first-order chi connectivity index (χ1) is 8.75. The van der Waals surface area contributed by atoms with Crippen LogP contribution in [0.3, 0.4) is 0 Å². The Hall–Kier alpha value is -1.69. The number of halogens is 1. The number of rotatable bonds is 2. The van der Waals surface area contributed by atoms with E-state index in [1.165, 1.54) is 0 Å². The fourth-order valence-electron chi connectivity index (χ4n) is 1.99. The third kappa shape index (κ3) is 1.92. The number of benzene rings is 1. The van der Waals surface area contributed by atoms with Gasteiger partial charge in [-0.3, -0.25) is 4.79 Å². The van der Waals surface area contributed by atoms with Crippen molar-refractivity contribution in [1.29, 1.82) is 0 Å². The van der Waals surface area contributed by atoms with Crippen LogP contribution in [0.25, 0.3) is 0 Å². The monoisotopic (exact) mass is 306 g/mol. The molecule has 0 radical (unpaired) electrons. The van der Waals surface area contributed by atoms with Crippen LogP contribution in [0.1, 0.15) is 16.4 Å². The largest absolute Gasteiger partial charge is 0.334 e. The Morgan fingerprint density at radius 3 is 2.56 bits per heavy atom. The predicted molar refractivity (Wildman–Crippen MR) is 69.1 cm³/mol. The van der Waals surface area contributed by atoms with E-state index in [2.05, 4.69) is 26.1 Å². The first kappa shape index (κ1) is 11.4. The second kappa shape index (κ2) is 4.53. The molecule has 0 atom stereocenters. The molecule has 0 spiro atoms. The Balaban J connectivity index is 1.69. The van der Waals surface area contributed by atoms with Crippen LogP contribution in [0, 0.1) is 0 Å². The summed E-state index contributed by atoms with van der Waals surface area (Å²) in [5, 5.41) is 8.16. The van der Waals surface area contributed by atoms with Crippen LogP contribution in [0.4, 0.5) is 0 Å². The molecular weight excluding hydrogens is 296 g/mol. The molecule has 5 nitrogen and oxygen atoms in total. The predicted octanol–water partition coefficient (Wildman–Crippen LogP) is 1.74. The summed E-state index contributed by atoms with van der Waals surface area (Å²) in [6.07, 6.45) is 3.30. The fourth-order valence-corrected chi connectivity index (χ4v) is 2.44. The van der Waals surface area contributed by atoms with Gasteiger partial charge < -0.3 is 4.90 Å². The second-order valence-corrected chi connectivity index (χ2v) is 5.05. The van der Waals surface area contributed by atoms with E-state index in [9.17, 15) is 4.79 Å². The third-order valence-corrected chi connectivity index (χ3v) is 3.71. The van der Waals surface area contributed by atoms with Crippen molar-refractivity contribution in [3.63, 3.8) is 0 Å². The molecule has 1 amide bonds. The SMILES string of the molecule is O=C(c1ccccc1Br)N1CC(n2nccn2)C1. The molecule has 92 valence electrons. The van der Waals surface area contributed by atoms with Crippen LogP contribution >= 0.6 is 15.9 Å². The summed E-state index contributed by atoms with van der Waals surface area (Å²) in [5.74, 6) is 0.0471. The van der Waals surface area contributed by atoms with Gasteiger partial charge in [-0.05, 0) is 28.1 Å². The maximum atomic E-state index is 12.2. The molecule has 0 N–H and O–H groups in total. The molecule has 3 rings (SSSR count). The molecule has 6 heteroatoms. The number of likely N-dealkylation sites (tertiary alicyclic amines) is 1. The highest BCUT2D eigenvalue weighted by Crippen LogP contribution is 2.24. The van der Waals surface area contributed by atoms with E-state index < -0.39 is 0 Å². The van der Waals surface area contributed by atoms with Crippen LogP contribution in [0.15, 0.2) is 41.1 Å². The van der Waals surface area contributed by atoms with Crippen LogP contribution in [0.2, 0.25) is 0 Å². The maximum absolute atomic E-state index is 12.2. The van der Waals surface area contributed by atoms with E-state index in [-0.39, 0.29) is 11.9 Å². The van der Waals surface area contributed by atoms with E-state index in [1.807, 2.05) is 24.3 Å². The maximum Gasteiger partial charge on any atom is 0.255 e. The number of amides is 1. The van der Waals surface area contributed by atoms with Gasteiger partial charge in [0.2, 0.25) is 0 Å². The van der Waals surface area contributed by atoms with Crippen molar-refractivity contribution in [2.75, 3.05) is 13.1 Å². The third-order valence-electron chi connectivity index (χ3n) is 3.02. The van der Waals surface area contributed by atoms with Gasteiger partial charge in [-0.1, -0.05) is 12.1 Å². The van der Waals surface area contributed by atoms with Gasteiger partial charge in [-0.15, -0.1) is 0 Å². The van der Waals surface area contributed by atoms with Gasteiger partial charge in [-0.25, -0.2) is 0 Å². The molecule has 1 aliphatic heterocycles. The Bertz CT molecular complexity index is 563. The molecule has 0 unspecified atom stereocenters. The summed E-state index contributed by atoms with van der Waals surface area (Å²) in [5.41, 5.74) is 0.698. The smallest absolute Gasteiger partial charge is 0.255 e. The molecule has 0 aliphatic carbocycles. The zero-order valence-corrected chi connectivity index (χ0v) is 11.1. The lowest BCUT2D eigenvalue weighted by molar-refractivity contribution is 0.0475. The average Bonchev–Trinajstić information content (AvgIpc) is 2.81. The summed E-state index contributed by atoms with van der Waals surface area (Å²) in [4.78, 5) is 15.7. The molecule has 1 aromatic carbocycles. The van der Waals surface area contributed by atoms with Gasteiger partial charge >= 0.3 is 0 Å². The lowest BCUT2D eigenvalue weighted by Gasteiger charge is -2.38. The van der Waals surface area contributed by atoms with Crippen molar-refractivity contribution in [2.45, 2.75) is 6.04 Å². The number of hydrogen-bond acceptors (Lipinski definition) is 3. The summed E-state index contributed by atoms with van der Waals surface area (Å²) in [6.45, 7) is 1.32. The Morgan fingerprint density at radius 2 is 1.89 bits per heavy atom. The second-order valence-electron chi connectivity index (χ2n) is 4.19. The van der Waals surface area contributed by atoms with E-state index in [1.54, 1.807) is 22.1 Å². The van der Waals surface area contributed by atoms with Gasteiger partial charge in [0, 0.05) is 17.6 Å². The van der Waals surface area contributed by atoms with Crippen LogP contribution in [0.5, 0.6) is 0 Å². The highest BCUT2D eigenvalue weighted by Gasteiger charge is 2.33. The summed E-state index contributed by atoms with van der Waals surface area (Å²) >= 11 is 3.39. The van der Waals surface area contributed by atoms with E-state index in [0.717, 1.165) is 4.47 Å². The normalized spacial score (nSPS) is 15.5. The zero-order valence-electron chi connectivity index (χ0n) is 9.53. The molecule has 1 aromatic heterocycles. The number of aromatic nitrogens is 3. The first-order valence-corrected chi connectivity index (χ1v) is 6.44. The van der Waals surface area contributed by atoms with E-state index in [0.29, 0.717) is 18.7 Å². The first-order valence-electron chi connectivity index (χ1n) is 5.65. The van der Waals surface area contributed by atoms with Crippen molar-refractivity contribution < 1.29 is 4.79 Å². The zero-order chi connectivity index (χ0) is 12.5. The number of hydrogen-bond donors (Lipinski definition) is 0. The molecule has 0 saturated carbocycles. The van der Waals surface area contributed by atoms with Crippen LogP contribution < -0.4 is 0 Å². The number of carbonyl (C=O) groups excluding carboxylic acids is 1. The molecule has 18 heavy (non-hydrogen) atoms. The minimum absolute atomic E-state index is 0.0471. The summed E-state index contributed by atoms with van der Waals surface area (Å²) in [6, 6.07) is 7.66. The lowest BCUT2D eigenvalue weighted by atomic mass is 10.1. The van der Waals surface area contributed by atoms with Crippen molar-refractivity contribution in [3.8, 4) is 0 Å². The standard InChI is InChI=1S/C12H11BrN4O/c13-11-4-2-1-3-10(11)12(18)16-7-9(8-16)17-14-5-6-15-17/h1-6,9H,7-8H2. The molecule has 2 heterocycles. The average molecular weight is 307 g/mol. The van der Waals surface area contributed by atoms with Crippen molar-refractivity contribution in [1.82, 2.24) is 19.9 Å². The van der Waals surface area contributed by atoms with Gasteiger partial charge in [0.25, 0.3) is 5.91 Å². The van der Waals surface area contributed by atoms with Gasteiger partial charge in [0.05, 0.1) is 18.0 Å². The number of carbonyl (C=O) groups is 1. The molecule has 1 saturated heterocycles. The number of nitrogens with zero attached hydrogens (tertiary/aromatic N) is 4. The fraction of sp³-hybridized carbons (Fsp3) is 0.250. The lowest BCUT2D eigenvalue weighted by Crippen LogP contribution is -2.51. The van der Waals surface area contributed by atoms with E-state index >= 15 is 0 Å². The van der Waals surface area contributed by atoms with E-state index in [4.69, 9.17) is 0 Å². The minimum atomic E-state index is 0.0471.